The molecule has 0 spiro atoms. The van der Waals surface area contributed by atoms with Crippen LogP contribution in [0.5, 0.6) is 5.75 Å². The molecule has 158 valence electrons. The van der Waals surface area contributed by atoms with Gasteiger partial charge in [-0.25, -0.2) is 13.6 Å². The number of allylic oxidation sites excluding steroid dienone is 1. The summed E-state index contributed by atoms with van der Waals surface area (Å²) in [6, 6.07) is 11.3. The second-order valence-corrected chi connectivity index (χ2v) is 7.90. The lowest BCUT2D eigenvalue weighted by molar-refractivity contribution is -0.143. The molecule has 0 amide bonds. The zero-order chi connectivity index (χ0) is 22.1. The number of halogens is 3. The molecule has 0 bridgehead atoms. The number of rotatable bonds is 6. The number of methoxy groups -OCH3 is 1. The van der Waals surface area contributed by atoms with Crippen LogP contribution in [0.3, 0.4) is 0 Å². The minimum atomic E-state index is -4.69. The number of nitrogens with two attached hydrogens (primary N) is 1. The summed E-state index contributed by atoms with van der Waals surface area (Å²) in [5, 5.41) is 9.26. The molecule has 0 saturated heterocycles. The maximum absolute atomic E-state index is 14.0. The summed E-state index contributed by atoms with van der Waals surface area (Å²) >= 11 is 0. The second kappa shape index (κ2) is 7.96. The van der Waals surface area contributed by atoms with Gasteiger partial charge in [-0.2, -0.15) is 18.3 Å². The number of alkyl halides is 3. The van der Waals surface area contributed by atoms with Gasteiger partial charge in [-0.1, -0.05) is 30.3 Å². The summed E-state index contributed by atoms with van der Waals surface area (Å²) in [6.45, 7) is 3.34. The number of aromatic nitrogens is 2. The first kappa shape index (κ1) is 21.6. The number of ether oxygens (including phenoxy) is 1. The van der Waals surface area contributed by atoms with Gasteiger partial charge < -0.3 is 4.74 Å². The molecule has 1 heterocycles. The number of primary sulfonamides is 1. The van der Waals surface area contributed by atoms with E-state index in [2.05, 4.69) is 11.7 Å². The van der Waals surface area contributed by atoms with E-state index in [1.54, 1.807) is 12.1 Å². The minimum Gasteiger partial charge on any atom is -0.497 e. The van der Waals surface area contributed by atoms with Crippen molar-refractivity contribution in [1.82, 2.24) is 9.78 Å². The predicted molar refractivity (Wildman–Crippen MR) is 106 cm³/mol. The molecule has 0 saturated carbocycles. The Morgan fingerprint density at radius 2 is 1.67 bits per heavy atom. The highest BCUT2D eigenvalue weighted by molar-refractivity contribution is 7.89. The molecule has 0 aliphatic rings. The van der Waals surface area contributed by atoms with Crippen molar-refractivity contribution in [2.45, 2.75) is 17.6 Å². The molecule has 3 aromatic rings. The van der Waals surface area contributed by atoms with Crippen molar-refractivity contribution in [2.75, 3.05) is 7.11 Å². The third kappa shape index (κ3) is 4.24. The van der Waals surface area contributed by atoms with E-state index < -0.39 is 21.9 Å². The monoisotopic (exact) mass is 437 g/mol. The smallest absolute Gasteiger partial charge is 0.433 e. The highest BCUT2D eigenvalue weighted by atomic mass is 32.2. The molecule has 0 aliphatic heterocycles. The Hall–Kier alpha value is -3.11. The van der Waals surface area contributed by atoms with Crippen LogP contribution >= 0.6 is 0 Å². The van der Waals surface area contributed by atoms with Gasteiger partial charge in [-0.3, -0.25) is 4.68 Å². The average molecular weight is 437 g/mol. The molecule has 0 aliphatic carbocycles. The van der Waals surface area contributed by atoms with Crippen LogP contribution in [0.25, 0.3) is 22.4 Å². The van der Waals surface area contributed by atoms with Crippen molar-refractivity contribution in [2.24, 2.45) is 5.14 Å². The lowest BCUT2D eigenvalue weighted by atomic mass is 9.98. The van der Waals surface area contributed by atoms with Gasteiger partial charge in [0.1, 0.15) is 11.4 Å². The standard InChI is InChI=1S/C20H18F3N3O3S/c1-3-12-26-19(20(21,22)23)17(13-4-8-15(29-2)9-5-13)18(25-26)14-6-10-16(11-7-14)30(24,27)28/h3-11H,1,12H2,2H3,(H2,24,27,28). The van der Waals surface area contributed by atoms with Crippen molar-refractivity contribution >= 4 is 10.0 Å². The second-order valence-electron chi connectivity index (χ2n) is 6.34. The van der Waals surface area contributed by atoms with Crippen LogP contribution in [-0.4, -0.2) is 25.3 Å². The molecule has 0 unspecified atom stereocenters. The van der Waals surface area contributed by atoms with Crippen molar-refractivity contribution in [3.8, 4) is 28.1 Å². The van der Waals surface area contributed by atoms with Crippen LogP contribution in [0.4, 0.5) is 13.2 Å². The number of benzene rings is 2. The van der Waals surface area contributed by atoms with E-state index in [4.69, 9.17) is 9.88 Å². The molecule has 1 aromatic heterocycles. The number of sulfonamides is 1. The van der Waals surface area contributed by atoms with Crippen molar-refractivity contribution < 1.29 is 26.3 Å². The molecule has 2 aromatic carbocycles. The average Bonchev–Trinajstić information content (AvgIpc) is 3.07. The van der Waals surface area contributed by atoms with Crippen LogP contribution in [0, 0.1) is 0 Å². The van der Waals surface area contributed by atoms with Gasteiger partial charge in [0.05, 0.1) is 18.6 Å². The van der Waals surface area contributed by atoms with Crippen molar-refractivity contribution in [3.63, 3.8) is 0 Å². The van der Waals surface area contributed by atoms with Crippen LogP contribution < -0.4 is 9.88 Å². The van der Waals surface area contributed by atoms with Gasteiger partial charge >= 0.3 is 6.18 Å². The Kier molecular flexibility index (Phi) is 5.73. The van der Waals surface area contributed by atoms with Gasteiger partial charge in [-0.15, -0.1) is 6.58 Å². The zero-order valence-electron chi connectivity index (χ0n) is 15.8. The zero-order valence-corrected chi connectivity index (χ0v) is 16.7. The molecular weight excluding hydrogens is 419 g/mol. The summed E-state index contributed by atoms with van der Waals surface area (Å²) in [7, 11) is -2.48. The van der Waals surface area contributed by atoms with Crippen LogP contribution in [0.1, 0.15) is 5.69 Å². The topological polar surface area (TPSA) is 87.2 Å². The molecule has 6 nitrogen and oxygen atoms in total. The summed E-state index contributed by atoms with van der Waals surface area (Å²) < 4.78 is 70.9. The SMILES string of the molecule is C=CCn1nc(-c2ccc(S(N)(=O)=O)cc2)c(-c2ccc(OC)cc2)c1C(F)(F)F. The van der Waals surface area contributed by atoms with E-state index in [0.717, 1.165) is 4.68 Å². The van der Waals surface area contributed by atoms with Gasteiger partial charge in [0.2, 0.25) is 10.0 Å². The van der Waals surface area contributed by atoms with E-state index in [-0.39, 0.29) is 28.3 Å². The molecule has 0 fully saturated rings. The third-order valence-corrected chi connectivity index (χ3v) is 5.29. The van der Waals surface area contributed by atoms with E-state index >= 15 is 0 Å². The van der Waals surface area contributed by atoms with Gasteiger partial charge in [0.15, 0.2) is 5.69 Å². The fraction of sp³-hybridized carbons (Fsp3) is 0.150. The van der Waals surface area contributed by atoms with Gasteiger partial charge in [0.25, 0.3) is 0 Å². The summed E-state index contributed by atoms with van der Waals surface area (Å²) in [4.78, 5) is -0.154. The Morgan fingerprint density at radius 1 is 1.10 bits per heavy atom. The molecule has 0 atom stereocenters. The maximum Gasteiger partial charge on any atom is 0.433 e. The van der Waals surface area contributed by atoms with Crippen molar-refractivity contribution in [3.05, 3.63) is 66.9 Å². The molecule has 0 radical (unpaired) electrons. The van der Waals surface area contributed by atoms with Gasteiger partial charge in [-0.05, 0) is 29.8 Å². The predicted octanol–water partition coefficient (Wildman–Crippen LogP) is 4.08. The number of hydrogen-bond donors (Lipinski definition) is 1. The van der Waals surface area contributed by atoms with E-state index in [1.165, 1.54) is 49.6 Å². The highest BCUT2D eigenvalue weighted by Gasteiger charge is 2.40. The first-order valence-corrected chi connectivity index (χ1v) is 10.2. The first-order valence-electron chi connectivity index (χ1n) is 8.63. The maximum atomic E-state index is 14.0. The Labute approximate surface area is 171 Å². The number of hydrogen-bond acceptors (Lipinski definition) is 4. The summed E-state index contributed by atoms with van der Waals surface area (Å²) in [6.07, 6.45) is -3.38. The highest BCUT2D eigenvalue weighted by Crippen LogP contribution is 2.43. The van der Waals surface area contributed by atoms with Crippen molar-refractivity contribution in [1.29, 1.82) is 0 Å². The molecular formula is C20H18F3N3O3S. The van der Waals surface area contributed by atoms with E-state index in [9.17, 15) is 21.6 Å². The quantitative estimate of drug-likeness (QED) is 0.589. The molecule has 3 rings (SSSR count). The molecule has 10 heteroatoms. The third-order valence-electron chi connectivity index (χ3n) is 4.36. The molecule has 2 N–H and O–H groups in total. The lowest BCUT2D eigenvalue weighted by Crippen LogP contribution is -2.15. The minimum absolute atomic E-state index is 0.0512. The Morgan fingerprint density at radius 3 is 2.13 bits per heavy atom. The summed E-state index contributed by atoms with van der Waals surface area (Å²) in [5.41, 5.74) is -0.422. The summed E-state index contributed by atoms with van der Waals surface area (Å²) in [5.74, 6) is 0.491. The van der Waals surface area contributed by atoms with Crippen LogP contribution in [0.2, 0.25) is 0 Å². The van der Waals surface area contributed by atoms with E-state index in [0.29, 0.717) is 11.3 Å². The Bertz CT molecular complexity index is 1170. The fourth-order valence-corrected chi connectivity index (χ4v) is 3.56. The van der Waals surface area contributed by atoms with Crippen LogP contribution in [-0.2, 0) is 22.7 Å². The number of nitrogens with zero attached hydrogens (tertiary/aromatic N) is 2. The van der Waals surface area contributed by atoms with Crippen LogP contribution in [0.15, 0.2) is 66.1 Å². The molecule has 30 heavy (non-hydrogen) atoms. The normalized spacial score (nSPS) is 12.0. The van der Waals surface area contributed by atoms with E-state index in [1.807, 2.05) is 0 Å². The fourth-order valence-electron chi connectivity index (χ4n) is 3.04. The lowest BCUT2D eigenvalue weighted by Gasteiger charge is -2.12. The largest absolute Gasteiger partial charge is 0.497 e. The Balaban J connectivity index is 2.29. The van der Waals surface area contributed by atoms with Gasteiger partial charge in [0, 0.05) is 11.1 Å². The first-order chi connectivity index (χ1) is 14.1.